The zero-order chi connectivity index (χ0) is 19.2. The lowest BCUT2D eigenvalue weighted by molar-refractivity contribution is -0.158. The van der Waals surface area contributed by atoms with Crippen LogP contribution in [0.15, 0.2) is 0 Å². The molecule has 0 radical (unpaired) electrons. The van der Waals surface area contributed by atoms with Gasteiger partial charge >= 0.3 is 5.97 Å². The van der Waals surface area contributed by atoms with Gasteiger partial charge in [0, 0.05) is 10.8 Å². The smallest absolute Gasteiger partial charge is 0.311 e. The minimum atomic E-state index is -0.732. The van der Waals surface area contributed by atoms with Gasteiger partial charge in [0.2, 0.25) is 0 Å². The minimum absolute atomic E-state index is 0.0119. The fraction of sp³-hybridized carbons (Fsp3) is 0.850. The van der Waals surface area contributed by atoms with E-state index in [-0.39, 0.29) is 17.5 Å². The Hall–Kier alpha value is -1.19. The van der Waals surface area contributed by atoms with Crippen molar-refractivity contribution in [3.8, 4) is 0 Å². The quantitative estimate of drug-likeness (QED) is 0.403. The maximum Gasteiger partial charge on any atom is 0.311 e. The van der Waals surface area contributed by atoms with Crippen LogP contribution in [0.25, 0.3) is 0 Å². The second-order valence-corrected chi connectivity index (χ2v) is 8.31. The Labute approximate surface area is 147 Å². The van der Waals surface area contributed by atoms with E-state index in [4.69, 9.17) is 4.74 Å². The highest BCUT2D eigenvalue weighted by molar-refractivity contribution is 5.86. The van der Waals surface area contributed by atoms with Gasteiger partial charge in [0.15, 0.2) is 0 Å². The topological polar surface area (TPSA) is 60.4 Å². The summed E-state index contributed by atoms with van der Waals surface area (Å²) in [5, 5.41) is 0. The summed E-state index contributed by atoms with van der Waals surface area (Å²) in [6.07, 6.45) is 3.23. The average Bonchev–Trinajstić information content (AvgIpc) is 2.46. The standard InChI is InChI=1S/C20H36O4/c1-9-11-12-24-17(23)19(7,10-2)14-20(8,16(4)22)13-18(5,6)15(3)21/h9-14H2,1-8H3. The van der Waals surface area contributed by atoms with Gasteiger partial charge in [-0.05, 0) is 46.5 Å². The number of ketones is 2. The molecule has 0 aromatic rings. The Bertz CT molecular complexity index is 466. The number of hydrogen-bond acceptors (Lipinski definition) is 4. The molecule has 140 valence electrons. The summed E-state index contributed by atoms with van der Waals surface area (Å²) in [5.74, 6) is -0.178. The van der Waals surface area contributed by atoms with E-state index in [9.17, 15) is 14.4 Å². The van der Waals surface area contributed by atoms with E-state index < -0.39 is 16.2 Å². The number of carbonyl (C=O) groups is 3. The second kappa shape index (κ2) is 8.77. The molecule has 2 unspecified atom stereocenters. The normalized spacial score (nSPS) is 16.8. The minimum Gasteiger partial charge on any atom is -0.465 e. The first kappa shape index (κ1) is 22.8. The molecule has 0 aliphatic carbocycles. The van der Waals surface area contributed by atoms with Gasteiger partial charge in [-0.1, -0.05) is 41.0 Å². The van der Waals surface area contributed by atoms with Crippen LogP contribution in [-0.4, -0.2) is 24.1 Å². The second-order valence-electron chi connectivity index (χ2n) is 8.31. The SMILES string of the molecule is CCCCOC(=O)C(C)(CC)CC(C)(CC(C)(C)C(C)=O)C(C)=O. The molecule has 4 heteroatoms. The Morgan fingerprint density at radius 1 is 0.833 bits per heavy atom. The molecule has 0 bridgehead atoms. The lowest BCUT2D eigenvalue weighted by Gasteiger charge is -2.40. The molecule has 0 saturated carbocycles. The van der Waals surface area contributed by atoms with Crippen LogP contribution in [0, 0.1) is 16.2 Å². The molecule has 24 heavy (non-hydrogen) atoms. The largest absolute Gasteiger partial charge is 0.465 e. The maximum atomic E-state index is 12.6. The lowest BCUT2D eigenvalue weighted by atomic mass is 9.63. The zero-order valence-electron chi connectivity index (χ0n) is 16.9. The van der Waals surface area contributed by atoms with Gasteiger partial charge in [-0.2, -0.15) is 0 Å². The Balaban J connectivity index is 5.41. The number of carbonyl (C=O) groups excluding carboxylic acids is 3. The van der Waals surface area contributed by atoms with E-state index in [0.29, 0.717) is 25.9 Å². The molecule has 2 atom stereocenters. The van der Waals surface area contributed by atoms with Crippen LogP contribution in [0.2, 0.25) is 0 Å². The van der Waals surface area contributed by atoms with Crippen molar-refractivity contribution in [2.75, 3.05) is 6.61 Å². The molecule has 0 aromatic heterocycles. The van der Waals surface area contributed by atoms with E-state index in [1.165, 1.54) is 0 Å². The monoisotopic (exact) mass is 340 g/mol. The van der Waals surface area contributed by atoms with Crippen molar-refractivity contribution in [2.45, 2.75) is 87.5 Å². The Kier molecular flexibility index (Phi) is 8.34. The van der Waals surface area contributed by atoms with Gasteiger partial charge in [-0.25, -0.2) is 0 Å². The van der Waals surface area contributed by atoms with Crippen molar-refractivity contribution in [2.24, 2.45) is 16.2 Å². The van der Waals surface area contributed by atoms with Crippen LogP contribution in [0.1, 0.15) is 87.5 Å². The molecule has 0 saturated heterocycles. The molecular formula is C20H36O4. The third-order valence-electron chi connectivity index (χ3n) is 5.42. The van der Waals surface area contributed by atoms with Crippen LogP contribution in [0.4, 0.5) is 0 Å². The third kappa shape index (κ3) is 6.03. The molecule has 0 amide bonds. The summed E-state index contributed by atoms with van der Waals surface area (Å²) in [7, 11) is 0. The van der Waals surface area contributed by atoms with Crippen LogP contribution in [0.5, 0.6) is 0 Å². The lowest BCUT2D eigenvalue weighted by Crippen LogP contribution is -2.42. The molecule has 0 aliphatic rings. The fourth-order valence-corrected chi connectivity index (χ4v) is 3.10. The first-order valence-electron chi connectivity index (χ1n) is 9.04. The van der Waals surface area contributed by atoms with Crippen LogP contribution in [-0.2, 0) is 19.1 Å². The van der Waals surface area contributed by atoms with Crippen LogP contribution >= 0.6 is 0 Å². The van der Waals surface area contributed by atoms with E-state index in [2.05, 4.69) is 0 Å². The van der Waals surface area contributed by atoms with Crippen molar-refractivity contribution in [3.05, 3.63) is 0 Å². The fourth-order valence-electron chi connectivity index (χ4n) is 3.10. The van der Waals surface area contributed by atoms with Gasteiger partial charge < -0.3 is 4.74 Å². The van der Waals surface area contributed by atoms with E-state index >= 15 is 0 Å². The molecule has 0 rings (SSSR count). The molecule has 0 aliphatic heterocycles. The highest BCUT2D eigenvalue weighted by Gasteiger charge is 2.46. The third-order valence-corrected chi connectivity index (χ3v) is 5.42. The summed E-state index contributed by atoms with van der Waals surface area (Å²) in [6, 6.07) is 0. The summed E-state index contributed by atoms with van der Waals surface area (Å²) in [6.45, 7) is 15.0. The Morgan fingerprint density at radius 2 is 1.38 bits per heavy atom. The van der Waals surface area contributed by atoms with Crippen molar-refractivity contribution < 1.29 is 19.1 Å². The number of ether oxygens (including phenoxy) is 1. The Morgan fingerprint density at radius 3 is 1.75 bits per heavy atom. The highest BCUT2D eigenvalue weighted by atomic mass is 16.5. The van der Waals surface area contributed by atoms with Gasteiger partial charge in [0.25, 0.3) is 0 Å². The average molecular weight is 341 g/mol. The van der Waals surface area contributed by atoms with Crippen molar-refractivity contribution in [1.82, 2.24) is 0 Å². The molecule has 0 N–H and O–H groups in total. The van der Waals surface area contributed by atoms with Gasteiger partial charge in [-0.15, -0.1) is 0 Å². The first-order chi connectivity index (χ1) is 10.8. The number of esters is 1. The number of rotatable bonds is 11. The van der Waals surface area contributed by atoms with E-state index in [0.717, 1.165) is 12.8 Å². The molecule has 0 aromatic carbocycles. The molecular weight excluding hydrogens is 304 g/mol. The summed E-state index contributed by atoms with van der Waals surface area (Å²) in [5.41, 5.74) is -2.05. The van der Waals surface area contributed by atoms with Crippen molar-refractivity contribution in [3.63, 3.8) is 0 Å². The van der Waals surface area contributed by atoms with Crippen molar-refractivity contribution in [1.29, 1.82) is 0 Å². The summed E-state index contributed by atoms with van der Waals surface area (Å²) < 4.78 is 5.42. The summed E-state index contributed by atoms with van der Waals surface area (Å²) in [4.78, 5) is 36.9. The molecule has 0 fully saturated rings. The molecule has 0 spiro atoms. The van der Waals surface area contributed by atoms with Crippen LogP contribution in [0.3, 0.4) is 0 Å². The first-order valence-corrected chi connectivity index (χ1v) is 9.04. The molecule has 4 nitrogen and oxygen atoms in total. The number of unbranched alkanes of at least 4 members (excludes halogenated alkanes) is 1. The number of hydrogen-bond donors (Lipinski definition) is 0. The van der Waals surface area contributed by atoms with Gasteiger partial charge in [-0.3, -0.25) is 14.4 Å². The molecule has 0 heterocycles. The van der Waals surface area contributed by atoms with Crippen LogP contribution < -0.4 is 0 Å². The van der Waals surface area contributed by atoms with E-state index in [1.807, 2.05) is 41.5 Å². The van der Waals surface area contributed by atoms with Gasteiger partial charge in [0.05, 0.1) is 12.0 Å². The van der Waals surface area contributed by atoms with Crippen molar-refractivity contribution >= 4 is 17.5 Å². The summed E-state index contributed by atoms with van der Waals surface area (Å²) >= 11 is 0. The number of Topliss-reactive ketones (excluding diaryl/α,β-unsaturated/α-hetero) is 2. The van der Waals surface area contributed by atoms with Gasteiger partial charge in [0.1, 0.15) is 11.6 Å². The van der Waals surface area contributed by atoms with E-state index in [1.54, 1.807) is 13.8 Å². The maximum absolute atomic E-state index is 12.6. The predicted molar refractivity (Wildman–Crippen MR) is 96.7 cm³/mol. The zero-order valence-corrected chi connectivity index (χ0v) is 16.9. The predicted octanol–water partition coefficient (Wildman–Crippen LogP) is 4.74. The highest BCUT2D eigenvalue weighted by Crippen LogP contribution is 2.45.